The molecule has 0 atom stereocenters. The first kappa shape index (κ1) is 14.0. The maximum Gasteiger partial charge on any atom is 0.396 e. The Labute approximate surface area is 102 Å². The molecule has 0 spiro atoms. The third-order valence-electron chi connectivity index (χ3n) is 3.14. The maximum atomic E-state index is 11.2. The Bertz CT molecular complexity index is 260. The second kappa shape index (κ2) is 7.27. The fourth-order valence-electron chi connectivity index (χ4n) is 2.01. The van der Waals surface area contributed by atoms with Gasteiger partial charge in [0.1, 0.15) is 0 Å². The summed E-state index contributed by atoms with van der Waals surface area (Å²) < 4.78 is 4.60. The first-order valence-corrected chi connectivity index (χ1v) is 6.27. The number of piperidine rings is 1. The van der Waals surface area contributed by atoms with Crippen LogP contribution in [0.4, 0.5) is 0 Å². The van der Waals surface area contributed by atoms with Gasteiger partial charge < -0.3 is 15.0 Å². The zero-order chi connectivity index (χ0) is 12.7. The summed E-state index contributed by atoms with van der Waals surface area (Å²) in [5.74, 6) is -0.746. The van der Waals surface area contributed by atoms with Crippen molar-refractivity contribution in [3.63, 3.8) is 0 Å². The summed E-state index contributed by atoms with van der Waals surface area (Å²) in [5.41, 5.74) is 0. The highest BCUT2D eigenvalue weighted by Gasteiger charge is 2.18. The van der Waals surface area contributed by atoms with Gasteiger partial charge >= 0.3 is 11.9 Å². The average Bonchev–Trinajstić information content (AvgIpc) is 2.32. The lowest BCUT2D eigenvalue weighted by Gasteiger charge is -2.28. The van der Waals surface area contributed by atoms with E-state index >= 15 is 0 Å². The molecule has 1 fully saturated rings. The highest BCUT2D eigenvalue weighted by Crippen LogP contribution is 2.18. The topological polar surface area (TPSA) is 58.6 Å². The van der Waals surface area contributed by atoms with Gasteiger partial charge in [-0.15, -0.1) is 0 Å². The molecule has 1 rings (SSSR count). The summed E-state index contributed by atoms with van der Waals surface area (Å²) >= 11 is 0. The number of nitrogens with one attached hydrogen (secondary N) is 1. The van der Waals surface area contributed by atoms with Crippen LogP contribution in [-0.2, 0) is 14.3 Å². The van der Waals surface area contributed by atoms with Crippen molar-refractivity contribution in [3.05, 3.63) is 0 Å². The molecule has 0 aromatic heterocycles. The van der Waals surface area contributed by atoms with Gasteiger partial charge in [-0.3, -0.25) is 4.79 Å². The third kappa shape index (κ3) is 5.17. The number of rotatable bonds is 4. The molecule has 1 amide bonds. The predicted octanol–water partition coefficient (Wildman–Crippen LogP) is 0.398. The van der Waals surface area contributed by atoms with Gasteiger partial charge in [0.25, 0.3) is 0 Å². The number of amides is 1. The van der Waals surface area contributed by atoms with E-state index in [-0.39, 0.29) is 6.61 Å². The molecular formula is C12H22N2O3. The van der Waals surface area contributed by atoms with Gasteiger partial charge in [-0.05, 0) is 52.2 Å². The van der Waals surface area contributed by atoms with Crippen molar-refractivity contribution in [3.8, 4) is 0 Å². The Kier molecular flexibility index (Phi) is 5.97. The van der Waals surface area contributed by atoms with Crippen molar-refractivity contribution < 1.29 is 14.3 Å². The van der Waals surface area contributed by atoms with E-state index < -0.39 is 11.9 Å². The Morgan fingerprint density at radius 2 is 2.00 bits per heavy atom. The van der Waals surface area contributed by atoms with Crippen LogP contribution in [0, 0.1) is 5.92 Å². The van der Waals surface area contributed by atoms with Crippen LogP contribution in [0.3, 0.4) is 0 Å². The molecule has 0 unspecified atom stereocenters. The Hall–Kier alpha value is -1.10. The average molecular weight is 242 g/mol. The molecule has 1 saturated heterocycles. The van der Waals surface area contributed by atoms with E-state index in [0.717, 1.165) is 19.5 Å². The molecule has 1 aliphatic heterocycles. The minimum atomic E-state index is -0.782. The van der Waals surface area contributed by atoms with E-state index in [1.807, 2.05) is 0 Å². The number of hydrogen-bond acceptors (Lipinski definition) is 4. The normalized spacial score (nSPS) is 17.8. The van der Waals surface area contributed by atoms with Crippen molar-refractivity contribution >= 4 is 11.9 Å². The van der Waals surface area contributed by atoms with E-state index in [4.69, 9.17) is 0 Å². The van der Waals surface area contributed by atoms with Crippen LogP contribution < -0.4 is 5.32 Å². The van der Waals surface area contributed by atoms with Crippen molar-refractivity contribution in [2.24, 2.45) is 5.92 Å². The van der Waals surface area contributed by atoms with Crippen LogP contribution in [0.15, 0.2) is 0 Å². The largest absolute Gasteiger partial charge is 0.459 e. The molecule has 0 bridgehead atoms. The van der Waals surface area contributed by atoms with Gasteiger partial charge in [-0.2, -0.15) is 0 Å². The van der Waals surface area contributed by atoms with E-state index in [0.29, 0.717) is 12.5 Å². The number of likely N-dealkylation sites (tertiary alicyclic amines) is 1. The summed E-state index contributed by atoms with van der Waals surface area (Å²) in [4.78, 5) is 24.6. The first-order valence-electron chi connectivity index (χ1n) is 6.27. The molecule has 0 aliphatic carbocycles. The second-order valence-electron chi connectivity index (χ2n) is 4.51. The minimum absolute atomic E-state index is 0.237. The third-order valence-corrected chi connectivity index (χ3v) is 3.14. The number of nitrogens with zero attached hydrogens (tertiary/aromatic N) is 1. The summed E-state index contributed by atoms with van der Waals surface area (Å²) in [6.07, 6.45) is 3.29. The van der Waals surface area contributed by atoms with Crippen molar-refractivity contribution in [1.82, 2.24) is 10.2 Å². The highest BCUT2D eigenvalue weighted by atomic mass is 16.5. The van der Waals surface area contributed by atoms with Crippen molar-refractivity contribution in [1.29, 1.82) is 0 Å². The second-order valence-corrected chi connectivity index (χ2v) is 4.51. The van der Waals surface area contributed by atoms with Crippen LogP contribution in [0.5, 0.6) is 0 Å². The number of esters is 1. The quantitative estimate of drug-likeness (QED) is 0.572. The number of carbonyl (C=O) groups is 2. The molecule has 1 N–H and O–H groups in total. The number of carbonyl (C=O) groups excluding carboxylic acids is 2. The Balaban J connectivity index is 2.11. The predicted molar refractivity (Wildman–Crippen MR) is 64.5 cm³/mol. The molecule has 5 heteroatoms. The molecule has 0 radical (unpaired) electrons. The van der Waals surface area contributed by atoms with E-state index in [1.165, 1.54) is 12.8 Å². The Morgan fingerprint density at radius 1 is 1.35 bits per heavy atom. The van der Waals surface area contributed by atoms with Gasteiger partial charge in [0.15, 0.2) is 0 Å². The van der Waals surface area contributed by atoms with Gasteiger partial charge in [0.05, 0.1) is 6.61 Å². The molecule has 0 aromatic rings. The zero-order valence-electron chi connectivity index (χ0n) is 10.7. The fraction of sp³-hybridized carbons (Fsp3) is 0.833. The van der Waals surface area contributed by atoms with Gasteiger partial charge in [0, 0.05) is 6.54 Å². The summed E-state index contributed by atoms with van der Waals surface area (Å²) in [6, 6.07) is 0. The molecule has 1 heterocycles. The van der Waals surface area contributed by atoms with Crippen molar-refractivity contribution in [2.45, 2.75) is 26.2 Å². The summed E-state index contributed by atoms with van der Waals surface area (Å²) in [5, 5.41) is 2.60. The lowest BCUT2D eigenvalue weighted by molar-refractivity contribution is -0.154. The highest BCUT2D eigenvalue weighted by molar-refractivity contribution is 6.32. The lowest BCUT2D eigenvalue weighted by Crippen LogP contribution is -2.35. The van der Waals surface area contributed by atoms with Crippen LogP contribution in [0.25, 0.3) is 0 Å². The monoisotopic (exact) mass is 242 g/mol. The van der Waals surface area contributed by atoms with Crippen LogP contribution in [0.1, 0.15) is 26.2 Å². The number of ether oxygens (including phenoxy) is 1. The van der Waals surface area contributed by atoms with Crippen LogP contribution in [0.2, 0.25) is 0 Å². The fourth-order valence-corrected chi connectivity index (χ4v) is 2.01. The Morgan fingerprint density at radius 3 is 2.59 bits per heavy atom. The standard InChI is InChI=1S/C12H22N2O3/c1-3-17-12(16)11(15)13-7-4-10-5-8-14(2)9-6-10/h10H,3-9H2,1-2H3,(H,13,15). The molecule has 0 saturated carbocycles. The molecule has 5 nitrogen and oxygen atoms in total. The summed E-state index contributed by atoms with van der Waals surface area (Å²) in [6.45, 7) is 4.73. The minimum Gasteiger partial charge on any atom is -0.459 e. The molecule has 1 aliphatic rings. The smallest absolute Gasteiger partial charge is 0.396 e. The molecule has 0 aromatic carbocycles. The maximum absolute atomic E-state index is 11.2. The van der Waals surface area contributed by atoms with E-state index in [2.05, 4.69) is 22.0 Å². The SMILES string of the molecule is CCOC(=O)C(=O)NCCC1CCN(C)CC1. The molecule has 17 heavy (non-hydrogen) atoms. The molecule has 98 valence electrons. The molecular weight excluding hydrogens is 220 g/mol. The number of hydrogen-bond donors (Lipinski definition) is 1. The van der Waals surface area contributed by atoms with Crippen molar-refractivity contribution in [2.75, 3.05) is 33.3 Å². The first-order chi connectivity index (χ1) is 8.13. The van der Waals surface area contributed by atoms with Gasteiger partial charge in [-0.25, -0.2) is 4.79 Å². The van der Waals surface area contributed by atoms with Gasteiger partial charge in [0.2, 0.25) is 0 Å². The zero-order valence-corrected chi connectivity index (χ0v) is 10.7. The summed E-state index contributed by atoms with van der Waals surface area (Å²) in [7, 11) is 2.12. The lowest BCUT2D eigenvalue weighted by atomic mass is 9.94. The van der Waals surface area contributed by atoms with E-state index in [1.54, 1.807) is 6.92 Å². The van der Waals surface area contributed by atoms with Gasteiger partial charge in [-0.1, -0.05) is 0 Å². The van der Waals surface area contributed by atoms with Crippen LogP contribution >= 0.6 is 0 Å². The van der Waals surface area contributed by atoms with Crippen LogP contribution in [-0.4, -0.2) is 50.1 Å². The van der Waals surface area contributed by atoms with E-state index in [9.17, 15) is 9.59 Å².